The molecule has 10 nitrogen and oxygen atoms in total. The topological polar surface area (TPSA) is 110 Å². The molecular formula is C21H27N7O3S. The normalized spacial score (nSPS) is 15.0. The number of aromatic nitrogens is 4. The van der Waals surface area contributed by atoms with Gasteiger partial charge in [0.25, 0.3) is 0 Å². The molecule has 0 aliphatic carbocycles. The fraction of sp³-hybridized carbons (Fsp3) is 0.476. The molecule has 4 heterocycles. The first kappa shape index (κ1) is 22.2. The van der Waals surface area contributed by atoms with Gasteiger partial charge >= 0.3 is 5.97 Å². The van der Waals surface area contributed by atoms with E-state index >= 15 is 0 Å². The summed E-state index contributed by atoms with van der Waals surface area (Å²) in [5, 5.41) is 3.67. The molecule has 3 aromatic heterocycles. The molecule has 4 rings (SSSR count). The van der Waals surface area contributed by atoms with E-state index in [0.29, 0.717) is 45.8 Å². The molecule has 0 bridgehead atoms. The van der Waals surface area contributed by atoms with Crippen molar-refractivity contribution in [3.05, 3.63) is 29.2 Å². The summed E-state index contributed by atoms with van der Waals surface area (Å²) >= 11 is 1.22. The van der Waals surface area contributed by atoms with Gasteiger partial charge in [0.2, 0.25) is 5.95 Å². The third kappa shape index (κ3) is 4.89. The number of likely N-dealkylation sites (tertiary alicyclic amines) is 1. The van der Waals surface area contributed by atoms with Crippen molar-refractivity contribution in [3.8, 4) is 11.5 Å². The van der Waals surface area contributed by atoms with Gasteiger partial charge < -0.3 is 19.0 Å². The van der Waals surface area contributed by atoms with Crippen molar-refractivity contribution in [3.63, 3.8) is 0 Å². The molecular weight excluding hydrogens is 430 g/mol. The molecule has 0 aromatic carbocycles. The molecule has 170 valence electrons. The van der Waals surface area contributed by atoms with E-state index in [2.05, 4.69) is 44.2 Å². The first-order chi connectivity index (χ1) is 15.4. The van der Waals surface area contributed by atoms with Crippen LogP contribution in [-0.4, -0.2) is 70.6 Å². The average Bonchev–Trinajstić information content (AvgIpc) is 3.44. The van der Waals surface area contributed by atoms with E-state index in [-0.39, 0.29) is 5.97 Å². The summed E-state index contributed by atoms with van der Waals surface area (Å²) in [6.07, 6.45) is 5.12. The van der Waals surface area contributed by atoms with Crippen LogP contribution >= 0.6 is 11.3 Å². The van der Waals surface area contributed by atoms with Gasteiger partial charge in [-0.2, -0.15) is 4.98 Å². The van der Waals surface area contributed by atoms with Gasteiger partial charge in [0.15, 0.2) is 17.3 Å². The molecule has 11 heteroatoms. The number of carbonyl (C=O) groups is 1. The lowest BCUT2D eigenvalue weighted by Gasteiger charge is -2.35. The third-order valence-electron chi connectivity index (χ3n) is 5.47. The molecule has 0 amide bonds. The number of ether oxygens (including phenoxy) is 1. The number of oxazole rings is 1. The summed E-state index contributed by atoms with van der Waals surface area (Å²) in [5.74, 6) is 1.32. The molecule has 1 aliphatic heterocycles. The van der Waals surface area contributed by atoms with E-state index in [9.17, 15) is 4.79 Å². The number of hydrogen-bond donors (Lipinski definition) is 1. The van der Waals surface area contributed by atoms with E-state index in [4.69, 9.17) is 14.1 Å². The quantitative estimate of drug-likeness (QED) is 0.530. The highest BCUT2D eigenvalue weighted by Gasteiger charge is 2.23. The van der Waals surface area contributed by atoms with Crippen LogP contribution in [0.15, 0.2) is 23.1 Å². The van der Waals surface area contributed by atoms with Crippen LogP contribution in [0.3, 0.4) is 0 Å². The largest absolute Gasteiger partial charge is 0.462 e. The van der Waals surface area contributed by atoms with Gasteiger partial charge in [-0.05, 0) is 46.8 Å². The second kappa shape index (κ2) is 9.61. The Kier molecular flexibility index (Phi) is 6.66. The van der Waals surface area contributed by atoms with E-state index < -0.39 is 0 Å². The van der Waals surface area contributed by atoms with Crippen LogP contribution in [-0.2, 0) is 4.74 Å². The average molecular weight is 458 g/mol. The van der Waals surface area contributed by atoms with E-state index in [1.165, 1.54) is 17.7 Å². The SMILES string of the molecule is CCOC(=O)c1sc(Nc2nc(-c3cnco3)cc(N(C)C3CCN(C)CC3)n2)nc1C. The number of nitrogens with one attached hydrogen (secondary N) is 1. The van der Waals surface area contributed by atoms with Crippen molar-refractivity contribution in [2.24, 2.45) is 0 Å². The van der Waals surface area contributed by atoms with Gasteiger partial charge in [0.1, 0.15) is 16.4 Å². The number of anilines is 3. The van der Waals surface area contributed by atoms with E-state index in [1.807, 2.05) is 6.07 Å². The highest BCUT2D eigenvalue weighted by molar-refractivity contribution is 7.17. The minimum atomic E-state index is -0.380. The van der Waals surface area contributed by atoms with Crippen molar-refractivity contribution in [2.75, 3.05) is 44.0 Å². The Bertz CT molecular complexity index is 1060. The van der Waals surface area contributed by atoms with Crippen molar-refractivity contribution in [1.82, 2.24) is 24.8 Å². The maximum atomic E-state index is 12.1. The Morgan fingerprint density at radius 1 is 1.34 bits per heavy atom. The zero-order valence-electron chi connectivity index (χ0n) is 18.7. The van der Waals surface area contributed by atoms with Crippen LogP contribution < -0.4 is 10.2 Å². The summed E-state index contributed by atoms with van der Waals surface area (Å²) < 4.78 is 10.6. The molecule has 0 atom stereocenters. The minimum absolute atomic E-state index is 0.313. The Labute approximate surface area is 190 Å². The minimum Gasteiger partial charge on any atom is -0.462 e. The van der Waals surface area contributed by atoms with Crippen LogP contribution in [0, 0.1) is 6.92 Å². The van der Waals surface area contributed by atoms with E-state index in [1.54, 1.807) is 20.0 Å². The first-order valence-electron chi connectivity index (χ1n) is 10.6. The number of piperidine rings is 1. The summed E-state index contributed by atoms with van der Waals surface area (Å²) in [6, 6.07) is 2.29. The zero-order valence-corrected chi connectivity index (χ0v) is 19.5. The van der Waals surface area contributed by atoms with Gasteiger partial charge in [-0.25, -0.2) is 19.7 Å². The molecule has 0 saturated carbocycles. The Hall–Kier alpha value is -3.05. The van der Waals surface area contributed by atoms with Crippen LogP contribution in [0.2, 0.25) is 0 Å². The van der Waals surface area contributed by atoms with Crippen LogP contribution in [0.25, 0.3) is 11.5 Å². The standard InChI is InChI=1S/C21H27N7O3S/c1-5-30-19(29)18-13(2)23-21(32-18)26-20-24-15(16-11-22-12-31-16)10-17(25-20)28(4)14-6-8-27(3)9-7-14/h10-12,14H,5-9H2,1-4H3,(H,23,24,25,26). The summed E-state index contributed by atoms with van der Waals surface area (Å²) in [7, 11) is 4.20. The first-order valence-corrected chi connectivity index (χ1v) is 11.4. The molecule has 0 spiro atoms. The molecule has 1 N–H and O–H groups in total. The number of esters is 1. The zero-order chi connectivity index (χ0) is 22.7. The molecule has 1 fully saturated rings. The highest BCUT2D eigenvalue weighted by atomic mass is 32.1. The maximum Gasteiger partial charge on any atom is 0.350 e. The number of thiazole rings is 1. The highest BCUT2D eigenvalue weighted by Crippen LogP contribution is 2.29. The Morgan fingerprint density at radius 2 is 2.12 bits per heavy atom. The maximum absolute atomic E-state index is 12.1. The summed E-state index contributed by atoms with van der Waals surface area (Å²) in [4.78, 5) is 34.9. The van der Waals surface area contributed by atoms with E-state index in [0.717, 1.165) is 31.7 Å². The predicted octanol–water partition coefficient (Wildman–Crippen LogP) is 3.35. The molecule has 1 aliphatic rings. The number of aryl methyl sites for hydroxylation is 1. The fourth-order valence-electron chi connectivity index (χ4n) is 3.64. The second-order valence-corrected chi connectivity index (χ2v) is 8.72. The monoisotopic (exact) mass is 457 g/mol. The van der Waals surface area contributed by atoms with Gasteiger partial charge in [-0.15, -0.1) is 0 Å². The van der Waals surface area contributed by atoms with Crippen LogP contribution in [0.1, 0.15) is 35.1 Å². The lowest BCUT2D eigenvalue weighted by atomic mass is 10.0. The fourth-order valence-corrected chi connectivity index (χ4v) is 4.49. The van der Waals surface area contributed by atoms with Crippen molar-refractivity contribution in [2.45, 2.75) is 32.7 Å². The second-order valence-electron chi connectivity index (χ2n) is 7.73. The predicted molar refractivity (Wildman–Crippen MR) is 123 cm³/mol. The third-order valence-corrected chi connectivity index (χ3v) is 6.52. The smallest absolute Gasteiger partial charge is 0.350 e. The van der Waals surface area contributed by atoms with Gasteiger partial charge in [-0.3, -0.25) is 5.32 Å². The van der Waals surface area contributed by atoms with Crippen molar-refractivity contribution < 1.29 is 13.9 Å². The summed E-state index contributed by atoms with van der Waals surface area (Å²) in [6.45, 7) is 5.97. The molecule has 0 unspecified atom stereocenters. The van der Waals surface area contributed by atoms with Crippen LogP contribution in [0.4, 0.5) is 16.9 Å². The lowest BCUT2D eigenvalue weighted by Crippen LogP contribution is -2.42. The lowest BCUT2D eigenvalue weighted by molar-refractivity contribution is 0.0531. The Balaban J connectivity index is 1.63. The van der Waals surface area contributed by atoms with Crippen LogP contribution in [0.5, 0.6) is 0 Å². The number of carbonyl (C=O) groups excluding carboxylic acids is 1. The number of rotatable bonds is 7. The van der Waals surface area contributed by atoms with Crippen molar-refractivity contribution in [1.29, 1.82) is 0 Å². The van der Waals surface area contributed by atoms with Gasteiger partial charge in [-0.1, -0.05) is 11.3 Å². The number of hydrogen-bond acceptors (Lipinski definition) is 11. The van der Waals surface area contributed by atoms with Gasteiger partial charge in [0, 0.05) is 19.2 Å². The molecule has 3 aromatic rings. The van der Waals surface area contributed by atoms with Crippen molar-refractivity contribution >= 4 is 34.2 Å². The Morgan fingerprint density at radius 3 is 2.81 bits per heavy atom. The molecule has 32 heavy (non-hydrogen) atoms. The summed E-state index contributed by atoms with van der Waals surface area (Å²) in [5.41, 5.74) is 1.22. The molecule has 0 radical (unpaired) electrons. The number of nitrogens with zero attached hydrogens (tertiary/aromatic N) is 6. The molecule has 1 saturated heterocycles. The van der Waals surface area contributed by atoms with Gasteiger partial charge in [0.05, 0.1) is 18.5 Å².